The van der Waals surface area contributed by atoms with Crippen LogP contribution in [0, 0.1) is 0 Å². The van der Waals surface area contributed by atoms with Crippen LogP contribution in [0.25, 0.3) is 83.0 Å². The molecule has 13 rings (SSSR count). The number of rotatable bonds is 5. The Labute approximate surface area is 359 Å². The molecule has 0 spiro atoms. The third-order valence-electron chi connectivity index (χ3n) is 12.5. The standard InChI is InChI=1S/C56H37N5/c1-3-15-36(16-4-1)55-45-22-7-11-23-48(45)57-56(58-55)61-51-26-14-10-21-43(51)47-34-38(28-32-53(47)61)37-27-31-52-46(33-37)42-20-9-13-25-50(42)60(52)40-29-30-44-41-19-8-12-24-49(41)59(54(44)35-40)39-17-5-2-6-18-39/h1-35,46,52H/i1D,3D,4D,15D,16D. The number of benzene rings is 8. The van der Waals surface area contributed by atoms with Gasteiger partial charge in [0.2, 0.25) is 5.95 Å². The Bertz CT molecular complexity index is 3900. The van der Waals surface area contributed by atoms with Gasteiger partial charge in [0, 0.05) is 55.5 Å². The summed E-state index contributed by atoms with van der Waals surface area (Å²) in [5, 5.41) is 5.10. The maximum Gasteiger partial charge on any atom is 0.235 e. The highest BCUT2D eigenvalue weighted by Crippen LogP contribution is 2.50. The monoisotopic (exact) mass is 784 g/mol. The van der Waals surface area contributed by atoms with Crippen LogP contribution in [0.15, 0.2) is 212 Å². The highest BCUT2D eigenvalue weighted by Gasteiger charge is 2.38. The number of allylic oxidation sites excluding steroid dienone is 2. The van der Waals surface area contributed by atoms with Gasteiger partial charge in [-0.3, -0.25) is 4.57 Å². The predicted molar refractivity (Wildman–Crippen MR) is 252 cm³/mol. The minimum Gasteiger partial charge on any atom is -0.333 e. The zero-order valence-electron chi connectivity index (χ0n) is 37.7. The average Bonchev–Trinajstić information content (AvgIpc) is 4.00. The van der Waals surface area contributed by atoms with E-state index in [0.717, 1.165) is 44.3 Å². The molecule has 5 nitrogen and oxygen atoms in total. The lowest BCUT2D eigenvalue weighted by molar-refractivity contribution is 0.747. The van der Waals surface area contributed by atoms with Gasteiger partial charge in [-0.2, -0.15) is 0 Å². The quantitative estimate of drug-likeness (QED) is 0.174. The average molecular weight is 785 g/mol. The van der Waals surface area contributed by atoms with Gasteiger partial charge in [0.1, 0.15) is 0 Å². The van der Waals surface area contributed by atoms with E-state index in [1.165, 1.54) is 33.1 Å². The summed E-state index contributed by atoms with van der Waals surface area (Å²) in [6.45, 7) is 0. The normalized spacial score (nSPS) is 17.0. The fourth-order valence-corrected chi connectivity index (χ4v) is 9.90. The first-order valence-corrected chi connectivity index (χ1v) is 20.6. The number of hydrogen-bond donors (Lipinski definition) is 0. The molecule has 286 valence electrons. The van der Waals surface area contributed by atoms with Crippen LogP contribution in [0.5, 0.6) is 0 Å². The summed E-state index contributed by atoms with van der Waals surface area (Å²) < 4.78 is 47.2. The van der Waals surface area contributed by atoms with Crippen molar-refractivity contribution in [3.05, 3.63) is 223 Å². The number of hydrogen-bond acceptors (Lipinski definition) is 3. The summed E-state index contributed by atoms with van der Waals surface area (Å²) in [7, 11) is 0. The van der Waals surface area contributed by atoms with Gasteiger partial charge in [-0.15, -0.1) is 0 Å². The van der Waals surface area contributed by atoms with E-state index in [4.69, 9.17) is 16.8 Å². The SMILES string of the molecule is [2H]c1c([2H])c([2H])c(-c2nc(-n3c4ccccc4c4cc(C5=CC6c7ccccc7N(c7ccc8c9ccccc9n(-c9ccccc9)c8c7)C6C=C5)ccc43)nc3ccccc23)c([2H])c1[2H]. The van der Waals surface area contributed by atoms with E-state index in [9.17, 15) is 0 Å². The second kappa shape index (κ2) is 13.2. The van der Waals surface area contributed by atoms with Crippen molar-refractivity contribution >= 4 is 71.5 Å². The molecule has 5 heteroatoms. The van der Waals surface area contributed by atoms with E-state index >= 15 is 0 Å². The highest BCUT2D eigenvalue weighted by molar-refractivity contribution is 6.11. The fourth-order valence-electron chi connectivity index (χ4n) is 9.90. The third kappa shape index (κ3) is 5.14. The highest BCUT2D eigenvalue weighted by atomic mass is 15.2. The van der Waals surface area contributed by atoms with Crippen LogP contribution in [-0.4, -0.2) is 25.1 Å². The Kier molecular flexibility index (Phi) is 6.35. The molecule has 11 aromatic rings. The fraction of sp³-hybridized carbons (Fsp3) is 0.0357. The Hall–Kier alpha value is -8.02. The maximum atomic E-state index is 8.85. The molecule has 0 saturated heterocycles. The minimum atomic E-state index is -0.445. The maximum absolute atomic E-state index is 8.85. The molecular formula is C56H37N5. The van der Waals surface area contributed by atoms with E-state index in [-0.39, 0.29) is 35.3 Å². The first-order valence-electron chi connectivity index (χ1n) is 23.1. The van der Waals surface area contributed by atoms with Crippen LogP contribution >= 0.6 is 0 Å². The summed E-state index contributed by atoms with van der Waals surface area (Å²) in [6.07, 6.45) is 7.04. The lowest BCUT2D eigenvalue weighted by Crippen LogP contribution is -2.29. The topological polar surface area (TPSA) is 38.9 Å². The lowest BCUT2D eigenvalue weighted by Gasteiger charge is -2.30. The van der Waals surface area contributed by atoms with Crippen molar-refractivity contribution < 1.29 is 6.85 Å². The van der Waals surface area contributed by atoms with Crippen LogP contribution < -0.4 is 4.90 Å². The van der Waals surface area contributed by atoms with Crippen LogP contribution in [-0.2, 0) is 0 Å². The van der Waals surface area contributed by atoms with Gasteiger partial charge < -0.3 is 9.47 Å². The Morgan fingerprint density at radius 2 is 1.18 bits per heavy atom. The van der Waals surface area contributed by atoms with Crippen molar-refractivity contribution in [2.75, 3.05) is 4.90 Å². The summed E-state index contributed by atoms with van der Waals surface area (Å²) >= 11 is 0. The molecule has 0 radical (unpaired) electrons. The Morgan fingerprint density at radius 1 is 0.492 bits per heavy atom. The van der Waals surface area contributed by atoms with E-state index in [0.29, 0.717) is 16.9 Å². The molecule has 0 amide bonds. The van der Waals surface area contributed by atoms with Crippen LogP contribution in [0.1, 0.15) is 23.9 Å². The molecule has 0 fully saturated rings. The number of anilines is 2. The van der Waals surface area contributed by atoms with Gasteiger partial charge in [-0.25, -0.2) is 9.97 Å². The second-order valence-electron chi connectivity index (χ2n) is 15.8. The molecule has 1 aliphatic heterocycles. The molecule has 0 N–H and O–H groups in total. The first-order chi connectivity index (χ1) is 32.3. The first kappa shape index (κ1) is 29.2. The molecular weight excluding hydrogens is 743 g/mol. The predicted octanol–water partition coefficient (Wildman–Crippen LogP) is 13.7. The summed E-state index contributed by atoms with van der Waals surface area (Å²) in [5.74, 6) is 0.457. The Morgan fingerprint density at radius 3 is 2.03 bits per heavy atom. The zero-order valence-corrected chi connectivity index (χ0v) is 32.7. The molecule has 0 saturated carbocycles. The van der Waals surface area contributed by atoms with Crippen LogP contribution in [0.4, 0.5) is 11.4 Å². The summed E-state index contributed by atoms with van der Waals surface area (Å²) in [6, 6.07) is 55.2. The van der Waals surface area contributed by atoms with Crippen molar-refractivity contribution in [3.8, 4) is 22.9 Å². The number of aromatic nitrogens is 4. The van der Waals surface area contributed by atoms with Gasteiger partial charge in [-0.1, -0.05) is 152 Å². The van der Waals surface area contributed by atoms with E-state index in [1.807, 2.05) is 47.0 Å². The zero-order chi connectivity index (χ0) is 44.4. The van der Waals surface area contributed by atoms with Gasteiger partial charge in [-0.05, 0) is 77.4 Å². The molecule has 2 aliphatic rings. The molecule has 2 atom stereocenters. The number of fused-ring (bicyclic) bond motifs is 10. The number of para-hydroxylation sites is 5. The van der Waals surface area contributed by atoms with Gasteiger partial charge in [0.15, 0.2) is 0 Å². The van der Waals surface area contributed by atoms with Crippen molar-refractivity contribution in [1.29, 1.82) is 0 Å². The smallest absolute Gasteiger partial charge is 0.235 e. The van der Waals surface area contributed by atoms with Gasteiger partial charge >= 0.3 is 0 Å². The van der Waals surface area contributed by atoms with Crippen molar-refractivity contribution in [2.45, 2.75) is 12.0 Å². The Balaban J connectivity index is 0.926. The summed E-state index contributed by atoms with van der Waals surface area (Å²) in [5.41, 5.74) is 12.1. The summed E-state index contributed by atoms with van der Waals surface area (Å²) in [4.78, 5) is 12.6. The van der Waals surface area contributed by atoms with Crippen LogP contribution in [0.3, 0.4) is 0 Å². The molecule has 2 unspecified atom stereocenters. The van der Waals surface area contributed by atoms with Crippen molar-refractivity contribution in [3.63, 3.8) is 0 Å². The van der Waals surface area contributed by atoms with E-state index < -0.39 is 18.1 Å². The van der Waals surface area contributed by atoms with Gasteiger partial charge in [0.25, 0.3) is 0 Å². The third-order valence-corrected chi connectivity index (χ3v) is 12.5. The lowest BCUT2D eigenvalue weighted by atomic mass is 9.86. The van der Waals surface area contributed by atoms with Gasteiger partial charge in [0.05, 0.1) is 46.2 Å². The molecule has 1 aliphatic carbocycles. The van der Waals surface area contributed by atoms with Crippen LogP contribution in [0.2, 0.25) is 0 Å². The largest absolute Gasteiger partial charge is 0.333 e. The molecule has 4 heterocycles. The van der Waals surface area contributed by atoms with E-state index in [1.54, 1.807) is 0 Å². The van der Waals surface area contributed by atoms with E-state index in [2.05, 4.69) is 149 Å². The molecule has 3 aromatic heterocycles. The van der Waals surface area contributed by atoms with Crippen molar-refractivity contribution in [1.82, 2.24) is 19.1 Å². The van der Waals surface area contributed by atoms with Crippen molar-refractivity contribution in [2.24, 2.45) is 0 Å². The number of nitrogens with zero attached hydrogens (tertiary/aromatic N) is 5. The minimum absolute atomic E-state index is 0.0428. The molecule has 61 heavy (non-hydrogen) atoms. The molecule has 8 aromatic carbocycles. The molecule has 0 bridgehead atoms. The second-order valence-corrected chi connectivity index (χ2v) is 15.8.